The number of hydrogen-bond acceptors (Lipinski definition) is 4. The summed E-state index contributed by atoms with van der Waals surface area (Å²) >= 11 is 0. The van der Waals surface area contributed by atoms with E-state index in [2.05, 4.69) is 27.4 Å². The first-order valence-electron chi connectivity index (χ1n) is 8.94. The number of hydrogen-bond donors (Lipinski definition) is 2. The fraction of sp³-hybridized carbons (Fsp3) is 0.526. The molecule has 0 unspecified atom stereocenters. The molecule has 25 heavy (non-hydrogen) atoms. The summed E-state index contributed by atoms with van der Waals surface area (Å²) in [4.78, 5) is 29.9. The summed E-state index contributed by atoms with van der Waals surface area (Å²) in [5, 5.41) is 5.45. The molecule has 2 amide bonds. The lowest BCUT2D eigenvalue weighted by Crippen LogP contribution is -2.36. The topological polar surface area (TPSA) is 74.3 Å². The molecule has 0 aliphatic carbocycles. The molecule has 1 aromatic rings. The van der Waals surface area contributed by atoms with Crippen LogP contribution in [0.4, 0.5) is 0 Å². The van der Waals surface area contributed by atoms with Crippen molar-refractivity contribution in [3.63, 3.8) is 0 Å². The minimum Gasteiger partial charge on any atom is -0.355 e. The molecule has 1 fully saturated rings. The first kappa shape index (κ1) is 19.1. The molecule has 1 aliphatic rings. The van der Waals surface area contributed by atoms with Crippen LogP contribution >= 0.6 is 0 Å². The van der Waals surface area contributed by atoms with Gasteiger partial charge in [0.25, 0.3) is 5.91 Å². The van der Waals surface area contributed by atoms with Crippen LogP contribution in [0.15, 0.2) is 24.5 Å². The van der Waals surface area contributed by atoms with E-state index in [1.165, 1.54) is 38.2 Å². The normalized spacial score (nSPS) is 18.2. The van der Waals surface area contributed by atoms with Crippen molar-refractivity contribution in [2.45, 2.75) is 26.2 Å². The van der Waals surface area contributed by atoms with Crippen molar-refractivity contribution in [3.8, 4) is 0 Å². The van der Waals surface area contributed by atoms with Crippen LogP contribution < -0.4 is 10.6 Å². The molecule has 1 atom stereocenters. The number of likely N-dealkylation sites (tertiary alicyclic amines) is 1. The Labute approximate surface area is 149 Å². The van der Waals surface area contributed by atoms with Crippen LogP contribution in [0.3, 0.4) is 0 Å². The highest BCUT2D eigenvalue weighted by Gasteiger charge is 2.15. The SMILES string of the molecule is CNC(=O)c1cncc(/C=C/C(=O)NCCCN2CCC[C@H](C)C2)c1. The van der Waals surface area contributed by atoms with Gasteiger partial charge in [0.2, 0.25) is 5.91 Å². The maximum atomic E-state index is 11.9. The van der Waals surface area contributed by atoms with Crippen molar-refractivity contribution >= 4 is 17.9 Å². The van der Waals surface area contributed by atoms with Crippen molar-refractivity contribution in [1.29, 1.82) is 0 Å². The molecule has 1 aliphatic heterocycles. The summed E-state index contributed by atoms with van der Waals surface area (Å²) in [5.41, 5.74) is 1.19. The molecule has 1 saturated heterocycles. The molecule has 0 spiro atoms. The average molecular weight is 344 g/mol. The van der Waals surface area contributed by atoms with Gasteiger partial charge in [0.15, 0.2) is 0 Å². The number of carbonyl (C=O) groups excluding carboxylic acids is 2. The number of pyridine rings is 1. The van der Waals surface area contributed by atoms with Gasteiger partial charge in [-0.15, -0.1) is 0 Å². The predicted molar refractivity (Wildman–Crippen MR) is 99.1 cm³/mol. The highest BCUT2D eigenvalue weighted by Crippen LogP contribution is 2.15. The van der Waals surface area contributed by atoms with E-state index in [-0.39, 0.29) is 11.8 Å². The van der Waals surface area contributed by atoms with Gasteiger partial charge in [-0.05, 0) is 56.0 Å². The van der Waals surface area contributed by atoms with E-state index in [0.29, 0.717) is 12.1 Å². The molecule has 0 aromatic carbocycles. The Kier molecular flexibility index (Phi) is 7.60. The van der Waals surface area contributed by atoms with Crippen molar-refractivity contribution in [2.75, 3.05) is 33.2 Å². The Hall–Kier alpha value is -2.21. The fourth-order valence-electron chi connectivity index (χ4n) is 3.05. The number of carbonyl (C=O) groups is 2. The average Bonchev–Trinajstić information content (AvgIpc) is 2.63. The molecule has 2 heterocycles. The Morgan fingerprint density at radius 1 is 1.40 bits per heavy atom. The molecule has 2 rings (SSSR count). The fourth-order valence-corrected chi connectivity index (χ4v) is 3.05. The summed E-state index contributed by atoms with van der Waals surface area (Å²) in [6.07, 6.45) is 9.83. The molecule has 0 radical (unpaired) electrons. The third-order valence-corrected chi connectivity index (χ3v) is 4.37. The van der Waals surface area contributed by atoms with Crippen LogP contribution in [0.1, 0.15) is 42.1 Å². The van der Waals surface area contributed by atoms with Crippen molar-refractivity contribution in [3.05, 3.63) is 35.7 Å². The summed E-state index contributed by atoms with van der Waals surface area (Å²) < 4.78 is 0. The molecule has 6 nitrogen and oxygen atoms in total. The molecule has 0 bridgehead atoms. The van der Waals surface area contributed by atoms with E-state index < -0.39 is 0 Å². The van der Waals surface area contributed by atoms with E-state index in [1.54, 1.807) is 25.4 Å². The molecular weight excluding hydrogens is 316 g/mol. The van der Waals surface area contributed by atoms with Gasteiger partial charge in [-0.2, -0.15) is 0 Å². The van der Waals surface area contributed by atoms with Crippen LogP contribution in [0.5, 0.6) is 0 Å². The number of nitrogens with one attached hydrogen (secondary N) is 2. The minimum atomic E-state index is -0.195. The van der Waals surface area contributed by atoms with Crippen LogP contribution in [0.2, 0.25) is 0 Å². The summed E-state index contributed by atoms with van der Waals surface area (Å²) in [6.45, 7) is 6.35. The minimum absolute atomic E-state index is 0.127. The highest BCUT2D eigenvalue weighted by molar-refractivity contribution is 5.95. The molecule has 136 valence electrons. The number of nitrogens with zero attached hydrogens (tertiary/aromatic N) is 2. The Morgan fingerprint density at radius 3 is 3.00 bits per heavy atom. The van der Waals surface area contributed by atoms with E-state index >= 15 is 0 Å². The largest absolute Gasteiger partial charge is 0.355 e. The summed E-state index contributed by atoms with van der Waals surface area (Å²) in [5.74, 6) is 0.460. The second kappa shape index (κ2) is 9.93. The zero-order valence-electron chi connectivity index (χ0n) is 15.1. The number of piperidine rings is 1. The molecular formula is C19H28N4O2. The van der Waals surface area contributed by atoms with E-state index in [4.69, 9.17) is 0 Å². The maximum Gasteiger partial charge on any atom is 0.252 e. The zero-order chi connectivity index (χ0) is 18.1. The van der Waals surface area contributed by atoms with Crippen molar-refractivity contribution < 1.29 is 9.59 Å². The van der Waals surface area contributed by atoms with Gasteiger partial charge >= 0.3 is 0 Å². The maximum absolute atomic E-state index is 11.9. The zero-order valence-corrected chi connectivity index (χ0v) is 15.1. The van der Waals surface area contributed by atoms with Gasteiger partial charge < -0.3 is 15.5 Å². The third kappa shape index (κ3) is 6.66. The van der Waals surface area contributed by atoms with Crippen molar-refractivity contribution in [1.82, 2.24) is 20.5 Å². The first-order valence-corrected chi connectivity index (χ1v) is 8.94. The second-order valence-electron chi connectivity index (χ2n) is 6.61. The highest BCUT2D eigenvalue weighted by atomic mass is 16.2. The molecule has 6 heteroatoms. The lowest BCUT2D eigenvalue weighted by molar-refractivity contribution is -0.116. The van der Waals surface area contributed by atoms with E-state index in [1.807, 2.05) is 0 Å². The van der Waals surface area contributed by atoms with Gasteiger partial charge in [0, 0.05) is 38.6 Å². The van der Waals surface area contributed by atoms with Crippen molar-refractivity contribution in [2.24, 2.45) is 5.92 Å². The van der Waals surface area contributed by atoms with Gasteiger partial charge in [0.05, 0.1) is 5.56 Å². The molecule has 1 aromatic heterocycles. The monoisotopic (exact) mass is 344 g/mol. The summed E-state index contributed by atoms with van der Waals surface area (Å²) in [6, 6.07) is 1.70. The van der Waals surface area contributed by atoms with Crippen LogP contribution in [-0.2, 0) is 4.79 Å². The smallest absolute Gasteiger partial charge is 0.252 e. The van der Waals surface area contributed by atoms with Crippen LogP contribution in [0.25, 0.3) is 6.08 Å². The van der Waals surface area contributed by atoms with Crippen LogP contribution in [-0.4, -0.2) is 54.9 Å². The Morgan fingerprint density at radius 2 is 2.24 bits per heavy atom. The van der Waals surface area contributed by atoms with Crippen LogP contribution in [0, 0.1) is 5.92 Å². The van der Waals surface area contributed by atoms with Gasteiger partial charge in [-0.3, -0.25) is 14.6 Å². The standard InChI is InChI=1S/C19H28N4O2/c1-15-5-3-9-23(14-15)10-4-8-22-18(24)7-6-16-11-17(13-21-12-16)19(25)20-2/h6-7,11-13,15H,3-5,8-10,14H2,1-2H3,(H,20,25)(H,22,24)/b7-6+/t15-/m0/s1. The van der Waals surface area contributed by atoms with Gasteiger partial charge in [0.1, 0.15) is 0 Å². The number of rotatable bonds is 7. The Bertz CT molecular complexity index is 615. The third-order valence-electron chi connectivity index (χ3n) is 4.37. The van der Waals surface area contributed by atoms with E-state index in [9.17, 15) is 9.59 Å². The number of amides is 2. The lowest BCUT2D eigenvalue weighted by atomic mass is 10.0. The molecule has 0 saturated carbocycles. The number of aromatic nitrogens is 1. The summed E-state index contributed by atoms with van der Waals surface area (Å²) in [7, 11) is 1.57. The lowest BCUT2D eigenvalue weighted by Gasteiger charge is -2.30. The van der Waals surface area contributed by atoms with Gasteiger partial charge in [-0.25, -0.2) is 0 Å². The second-order valence-corrected chi connectivity index (χ2v) is 6.61. The Balaban J connectivity index is 1.71. The first-order chi connectivity index (χ1) is 12.1. The van der Waals surface area contributed by atoms with E-state index in [0.717, 1.165) is 24.4 Å². The predicted octanol–water partition coefficient (Wildman–Crippen LogP) is 1.69. The molecule has 2 N–H and O–H groups in total. The quantitative estimate of drug-likeness (QED) is 0.583. The van der Waals surface area contributed by atoms with Gasteiger partial charge in [-0.1, -0.05) is 6.92 Å².